The van der Waals surface area contributed by atoms with Crippen LogP contribution in [0.2, 0.25) is 0 Å². The maximum absolute atomic E-state index is 11.5. The van der Waals surface area contributed by atoms with E-state index in [4.69, 9.17) is 4.74 Å². The molecule has 2 saturated carbocycles. The lowest BCUT2D eigenvalue weighted by atomic mass is 10.1. The van der Waals surface area contributed by atoms with Gasteiger partial charge in [0.1, 0.15) is 6.10 Å². The molecular weight excluding hydrogens is 178 g/mol. The molecule has 0 aromatic carbocycles. The third kappa shape index (κ3) is 2.98. The molecule has 2 aliphatic carbocycles. The Labute approximate surface area is 85.2 Å². The minimum Gasteiger partial charge on any atom is -0.368 e. The average Bonchev–Trinajstić information content (AvgIpc) is 3.03. The van der Waals surface area contributed by atoms with Crippen LogP contribution in [0.25, 0.3) is 0 Å². The highest BCUT2D eigenvalue weighted by atomic mass is 16.5. The van der Waals surface area contributed by atoms with E-state index in [1.807, 2.05) is 0 Å². The zero-order chi connectivity index (χ0) is 9.97. The van der Waals surface area contributed by atoms with E-state index in [1.54, 1.807) is 7.05 Å². The molecule has 0 bridgehead atoms. The van der Waals surface area contributed by atoms with Gasteiger partial charge >= 0.3 is 0 Å². The Hall–Kier alpha value is -0.570. The number of hydrogen-bond donors (Lipinski definition) is 1. The van der Waals surface area contributed by atoms with Gasteiger partial charge in [-0.1, -0.05) is 12.8 Å². The average molecular weight is 197 g/mol. The number of carbonyl (C=O) groups is 1. The van der Waals surface area contributed by atoms with Crippen LogP contribution >= 0.6 is 0 Å². The fraction of sp³-hybridized carbons (Fsp3) is 0.909. The van der Waals surface area contributed by atoms with Crippen LogP contribution in [0.3, 0.4) is 0 Å². The number of ether oxygens (including phenoxy) is 1. The van der Waals surface area contributed by atoms with Gasteiger partial charge in [0.15, 0.2) is 0 Å². The number of nitrogens with one attached hydrogen (secondary N) is 1. The van der Waals surface area contributed by atoms with E-state index in [1.165, 1.54) is 25.7 Å². The smallest absolute Gasteiger partial charge is 0.248 e. The quantitative estimate of drug-likeness (QED) is 0.697. The summed E-state index contributed by atoms with van der Waals surface area (Å²) in [6.07, 6.45) is 5.86. The van der Waals surface area contributed by atoms with Crippen molar-refractivity contribution in [2.75, 3.05) is 13.7 Å². The molecule has 0 aromatic rings. The SMILES string of the molecule is CNC(=O)C(CC1CC1)OCC1CC1. The molecule has 0 radical (unpaired) electrons. The van der Waals surface area contributed by atoms with Crippen LogP contribution in [0.5, 0.6) is 0 Å². The number of carbonyl (C=O) groups excluding carboxylic acids is 1. The van der Waals surface area contributed by atoms with Gasteiger partial charge < -0.3 is 10.1 Å². The summed E-state index contributed by atoms with van der Waals surface area (Å²) in [5.74, 6) is 1.54. The molecule has 0 heterocycles. The molecule has 1 unspecified atom stereocenters. The largest absolute Gasteiger partial charge is 0.368 e. The fourth-order valence-electron chi connectivity index (χ4n) is 1.60. The maximum atomic E-state index is 11.5. The van der Waals surface area contributed by atoms with E-state index in [2.05, 4.69) is 5.32 Å². The highest BCUT2D eigenvalue weighted by Gasteiger charge is 2.31. The van der Waals surface area contributed by atoms with E-state index in [0.717, 1.165) is 24.9 Å². The number of hydrogen-bond acceptors (Lipinski definition) is 2. The zero-order valence-electron chi connectivity index (χ0n) is 8.79. The summed E-state index contributed by atoms with van der Waals surface area (Å²) in [5, 5.41) is 2.68. The lowest BCUT2D eigenvalue weighted by Gasteiger charge is -2.15. The normalized spacial score (nSPS) is 23.2. The van der Waals surface area contributed by atoms with Gasteiger partial charge in [0, 0.05) is 7.05 Å². The van der Waals surface area contributed by atoms with Crippen molar-refractivity contribution in [1.82, 2.24) is 5.32 Å². The van der Waals surface area contributed by atoms with Crippen LogP contribution in [0.1, 0.15) is 32.1 Å². The molecule has 80 valence electrons. The topological polar surface area (TPSA) is 38.3 Å². The molecule has 1 amide bonds. The molecule has 3 heteroatoms. The van der Waals surface area contributed by atoms with Gasteiger partial charge in [-0.05, 0) is 31.1 Å². The van der Waals surface area contributed by atoms with E-state index in [-0.39, 0.29) is 12.0 Å². The first-order valence-electron chi connectivity index (χ1n) is 5.62. The van der Waals surface area contributed by atoms with E-state index in [9.17, 15) is 4.79 Å². The Kier molecular flexibility index (Phi) is 3.06. The van der Waals surface area contributed by atoms with Crippen molar-refractivity contribution < 1.29 is 9.53 Å². The second kappa shape index (κ2) is 4.30. The molecule has 14 heavy (non-hydrogen) atoms. The van der Waals surface area contributed by atoms with Crippen LogP contribution in [0, 0.1) is 11.8 Å². The standard InChI is InChI=1S/C11H19NO2/c1-12-11(13)10(6-8-2-3-8)14-7-9-4-5-9/h8-10H,2-7H2,1H3,(H,12,13). The van der Waals surface area contributed by atoms with Gasteiger partial charge in [-0.2, -0.15) is 0 Å². The molecule has 0 saturated heterocycles. The Morgan fingerprint density at radius 3 is 2.50 bits per heavy atom. The second-order valence-corrected chi connectivity index (χ2v) is 4.56. The van der Waals surface area contributed by atoms with E-state index >= 15 is 0 Å². The van der Waals surface area contributed by atoms with Crippen LogP contribution in [-0.4, -0.2) is 25.7 Å². The van der Waals surface area contributed by atoms with Crippen LogP contribution in [0.15, 0.2) is 0 Å². The summed E-state index contributed by atoms with van der Waals surface area (Å²) in [4.78, 5) is 11.5. The summed E-state index contributed by atoms with van der Waals surface area (Å²) in [6.45, 7) is 0.783. The Balaban J connectivity index is 1.73. The van der Waals surface area contributed by atoms with E-state index in [0.29, 0.717) is 0 Å². The highest BCUT2D eigenvalue weighted by molar-refractivity contribution is 5.80. The van der Waals surface area contributed by atoms with Crippen LogP contribution < -0.4 is 5.32 Å². The second-order valence-electron chi connectivity index (χ2n) is 4.56. The lowest BCUT2D eigenvalue weighted by molar-refractivity contribution is -0.133. The first-order valence-corrected chi connectivity index (χ1v) is 5.62. The van der Waals surface area contributed by atoms with Gasteiger partial charge in [0.2, 0.25) is 5.91 Å². The zero-order valence-corrected chi connectivity index (χ0v) is 8.79. The number of likely N-dealkylation sites (N-methyl/N-ethyl adjacent to an activating group) is 1. The monoisotopic (exact) mass is 197 g/mol. The van der Waals surface area contributed by atoms with Gasteiger partial charge in [-0.15, -0.1) is 0 Å². The Morgan fingerprint density at radius 1 is 1.36 bits per heavy atom. The molecule has 0 aromatic heterocycles. The summed E-state index contributed by atoms with van der Waals surface area (Å²) >= 11 is 0. The van der Waals surface area contributed by atoms with Crippen molar-refractivity contribution in [2.45, 2.75) is 38.2 Å². The Morgan fingerprint density at radius 2 is 2.00 bits per heavy atom. The Bertz CT molecular complexity index is 209. The van der Waals surface area contributed by atoms with Gasteiger partial charge in [-0.3, -0.25) is 4.79 Å². The molecule has 2 aliphatic rings. The predicted octanol–water partition coefficient (Wildman–Crippen LogP) is 1.33. The third-order valence-electron chi connectivity index (χ3n) is 3.01. The molecule has 3 nitrogen and oxygen atoms in total. The summed E-state index contributed by atoms with van der Waals surface area (Å²) in [7, 11) is 1.68. The minimum absolute atomic E-state index is 0.0533. The van der Waals surface area contributed by atoms with Gasteiger partial charge in [-0.25, -0.2) is 0 Å². The molecule has 2 fully saturated rings. The maximum Gasteiger partial charge on any atom is 0.248 e. The first-order chi connectivity index (χ1) is 6.79. The summed E-state index contributed by atoms with van der Waals surface area (Å²) < 4.78 is 5.66. The minimum atomic E-state index is -0.187. The molecule has 0 aliphatic heterocycles. The molecule has 2 rings (SSSR count). The number of amides is 1. The number of rotatable bonds is 6. The lowest BCUT2D eigenvalue weighted by Crippen LogP contribution is -2.35. The van der Waals surface area contributed by atoms with Crippen molar-refractivity contribution in [3.8, 4) is 0 Å². The van der Waals surface area contributed by atoms with Crippen molar-refractivity contribution in [3.63, 3.8) is 0 Å². The van der Waals surface area contributed by atoms with Crippen molar-refractivity contribution >= 4 is 5.91 Å². The third-order valence-corrected chi connectivity index (χ3v) is 3.01. The molecular formula is C11H19NO2. The van der Waals surface area contributed by atoms with Crippen molar-refractivity contribution in [2.24, 2.45) is 11.8 Å². The highest BCUT2D eigenvalue weighted by Crippen LogP contribution is 2.35. The fourth-order valence-corrected chi connectivity index (χ4v) is 1.60. The molecule has 1 atom stereocenters. The van der Waals surface area contributed by atoms with Crippen LogP contribution in [0.4, 0.5) is 0 Å². The van der Waals surface area contributed by atoms with Gasteiger partial charge in [0.25, 0.3) is 0 Å². The van der Waals surface area contributed by atoms with Crippen molar-refractivity contribution in [3.05, 3.63) is 0 Å². The molecule has 1 N–H and O–H groups in total. The van der Waals surface area contributed by atoms with Crippen LogP contribution in [-0.2, 0) is 9.53 Å². The summed E-state index contributed by atoms with van der Waals surface area (Å²) in [5.41, 5.74) is 0. The van der Waals surface area contributed by atoms with Gasteiger partial charge in [0.05, 0.1) is 6.61 Å². The van der Waals surface area contributed by atoms with Crippen molar-refractivity contribution in [1.29, 1.82) is 0 Å². The molecule has 0 spiro atoms. The van der Waals surface area contributed by atoms with E-state index < -0.39 is 0 Å². The first kappa shape index (κ1) is 9.97. The summed E-state index contributed by atoms with van der Waals surface area (Å²) in [6, 6.07) is 0. The predicted molar refractivity (Wildman–Crippen MR) is 53.9 cm³/mol.